The van der Waals surface area contributed by atoms with Crippen molar-refractivity contribution < 1.29 is 18.3 Å². The fourth-order valence-corrected chi connectivity index (χ4v) is 1.32. The topological polar surface area (TPSA) is 64.4 Å². The Morgan fingerprint density at radius 3 is 2.39 bits per heavy atom. The third kappa shape index (κ3) is 5.29. The largest absolute Gasteiger partial charge is 0.435 e. The van der Waals surface area contributed by atoms with E-state index < -0.39 is 6.61 Å². The number of amides is 1. The third-order valence-electron chi connectivity index (χ3n) is 2.17. The first-order chi connectivity index (χ1) is 8.02. The Balaban J connectivity index is 0.00000289. The fraction of sp³-hybridized carbons (Fsp3) is 0.364. The molecule has 0 fully saturated rings. The van der Waals surface area contributed by atoms with E-state index in [0.717, 1.165) is 5.56 Å². The smallest absolute Gasteiger partial charge is 0.387 e. The van der Waals surface area contributed by atoms with Crippen LogP contribution in [-0.4, -0.2) is 19.1 Å². The molecule has 102 valence electrons. The molecule has 1 rings (SSSR count). The van der Waals surface area contributed by atoms with Gasteiger partial charge in [-0.05, 0) is 24.6 Å². The van der Waals surface area contributed by atoms with Crippen LogP contribution in [-0.2, 0) is 4.79 Å². The average molecular weight is 281 g/mol. The minimum atomic E-state index is -2.84. The summed E-state index contributed by atoms with van der Waals surface area (Å²) >= 11 is 0. The van der Waals surface area contributed by atoms with Gasteiger partial charge in [-0.2, -0.15) is 8.78 Å². The van der Waals surface area contributed by atoms with Gasteiger partial charge in [0.2, 0.25) is 5.91 Å². The predicted molar refractivity (Wildman–Crippen MR) is 65.9 cm³/mol. The molecule has 1 aromatic carbocycles. The van der Waals surface area contributed by atoms with E-state index in [9.17, 15) is 13.6 Å². The van der Waals surface area contributed by atoms with Gasteiger partial charge in [-0.1, -0.05) is 12.1 Å². The Labute approximate surface area is 110 Å². The van der Waals surface area contributed by atoms with E-state index in [1.807, 2.05) is 0 Å². The molecule has 3 N–H and O–H groups in total. The number of nitrogens with one attached hydrogen (secondary N) is 1. The van der Waals surface area contributed by atoms with Gasteiger partial charge in [0.1, 0.15) is 5.75 Å². The molecule has 18 heavy (non-hydrogen) atoms. The molecule has 1 unspecified atom stereocenters. The SMILES string of the molecule is CC(NC(=O)CN)c1ccc(OC(F)F)cc1.Cl. The van der Waals surface area contributed by atoms with Crippen molar-refractivity contribution in [2.45, 2.75) is 19.6 Å². The molecule has 1 amide bonds. The third-order valence-corrected chi connectivity index (χ3v) is 2.17. The van der Waals surface area contributed by atoms with Gasteiger partial charge in [0.05, 0.1) is 12.6 Å². The van der Waals surface area contributed by atoms with Crippen molar-refractivity contribution in [3.05, 3.63) is 29.8 Å². The number of hydrogen-bond donors (Lipinski definition) is 2. The normalized spacial score (nSPS) is 11.6. The molecule has 0 saturated carbocycles. The molecule has 0 radical (unpaired) electrons. The van der Waals surface area contributed by atoms with E-state index in [-0.39, 0.29) is 36.7 Å². The van der Waals surface area contributed by atoms with Crippen molar-refractivity contribution in [2.24, 2.45) is 5.73 Å². The second-order valence-electron chi connectivity index (χ2n) is 3.44. The standard InChI is InChI=1S/C11H14F2N2O2.ClH/c1-7(15-10(16)6-14)8-2-4-9(5-3-8)17-11(12)13;/h2-5,7,11H,6,14H2,1H3,(H,15,16);1H. The van der Waals surface area contributed by atoms with Gasteiger partial charge in [-0.3, -0.25) is 4.79 Å². The second-order valence-corrected chi connectivity index (χ2v) is 3.44. The molecule has 0 aromatic heterocycles. The summed E-state index contributed by atoms with van der Waals surface area (Å²) in [6.45, 7) is -1.15. The van der Waals surface area contributed by atoms with E-state index in [4.69, 9.17) is 5.73 Å². The van der Waals surface area contributed by atoms with Gasteiger partial charge in [-0.25, -0.2) is 0 Å². The second kappa shape index (κ2) is 7.84. The van der Waals surface area contributed by atoms with Crippen LogP contribution in [0.2, 0.25) is 0 Å². The lowest BCUT2D eigenvalue weighted by molar-refractivity contribution is -0.120. The van der Waals surface area contributed by atoms with Gasteiger partial charge in [0, 0.05) is 0 Å². The van der Waals surface area contributed by atoms with Gasteiger partial charge < -0.3 is 15.8 Å². The van der Waals surface area contributed by atoms with Crippen molar-refractivity contribution >= 4 is 18.3 Å². The Morgan fingerprint density at radius 1 is 1.39 bits per heavy atom. The summed E-state index contributed by atoms with van der Waals surface area (Å²) in [7, 11) is 0. The van der Waals surface area contributed by atoms with Crippen LogP contribution >= 0.6 is 12.4 Å². The summed E-state index contributed by atoms with van der Waals surface area (Å²) in [5.41, 5.74) is 5.95. The number of benzene rings is 1. The van der Waals surface area contributed by atoms with E-state index in [1.165, 1.54) is 12.1 Å². The molecule has 0 aliphatic heterocycles. The molecule has 7 heteroatoms. The Bertz CT molecular complexity index is 374. The minimum absolute atomic E-state index is 0. The van der Waals surface area contributed by atoms with Crippen molar-refractivity contribution in [3.63, 3.8) is 0 Å². The number of carbonyl (C=O) groups excluding carboxylic acids is 1. The molecule has 0 bridgehead atoms. The number of hydrogen-bond acceptors (Lipinski definition) is 3. The average Bonchev–Trinajstić information content (AvgIpc) is 2.28. The highest BCUT2D eigenvalue weighted by Gasteiger charge is 2.09. The molecule has 0 aliphatic rings. The Kier molecular flexibility index (Phi) is 7.23. The number of rotatable bonds is 5. The van der Waals surface area contributed by atoms with Gasteiger partial charge in [-0.15, -0.1) is 12.4 Å². The zero-order valence-corrected chi connectivity index (χ0v) is 10.5. The maximum absolute atomic E-state index is 11.9. The zero-order chi connectivity index (χ0) is 12.8. The molecule has 0 spiro atoms. The van der Waals surface area contributed by atoms with Gasteiger partial charge in [0.15, 0.2) is 0 Å². The van der Waals surface area contributed by atoms with Gasteiger partial charge in [0.25, 0.3) is 0 Å². The number of nitrogens with two attached hydrogens (primary N) is 1. The number of carbonyl (C=O) groups is 1. The predicted octanol–water partition coefficient (Wildman–Crippen LogP) is 1.85. The first-order valence-corrected chi connectivity index (χ1v) is 5.07. The summed E-state index contributed by atoms with van der Waals surface area (Å²) in [4.78, 5) is 11.0. The lowest BCUT2D eigenvalue weighted by Crippen LogP contribution is -2.32. The maximum Gasteiger partial charge on any atom is 0.387 e. The maximum atomic E-state index is 11.9. The zero-order valence-electron chi connectivity index (χ0n) is 9.73. The highest BCUT2D eigenvalue weighted by Crippen LogP contribution is 2.18. The van der Waals surface area contributed by atoms with Crippen LogP contribution in [0, 0.1) is 0 Å². The monoisotopic (exact) mass is 280 g/mol. The van der Waals surface area contributed by atoms with Crippen LogP contribution in [0.1, 0.15) is 18.5 Å². The quantitative estimate of drug-likeness (QED) is 0.865. The Hall–Kier alpha value is -1.40. The van der Waals surface area contributed by atoms with Crippen molar-refractivity contribution in [3.8, 4) is 5.75 Å². The van der Waals surface area contributed by atoms with Crippen LogP contribution in [0.25, 0.3) is 0 Å². The van der Waals surface area contributed by atoms with Crippen LogP contribution < -0.4 is 15.8 Å². The van der Waals surface area contributed by atoms with Crippen LogP contribution in [0.4, 0.5) is 8.78 Å². The number of ether oxygens (including phenoxy) is 1. The summed E-state index contributed by atoms with van der Waals surface area (Å²) in [5, 5.41) is 2.65. The molecule has 4 nitrogen and oxygen atoms in total. The lowest BCUT2D eigenvalue weighted by atomic mass is 10.1. The molecule has 1 aromatic rings. The fourth-order valence-electron chi connectivity index (χ4n) is 1.32. The summed E-state index contributed by atoms with van der Waals surface area (Å²) < 4.78 is 28.0. The minimum Gasteiger partial charge on any atom is -0.435 e. The molecule has 0 aliphatic carbocycles. The molecular formula is C11H15ClF2N2O2. The summed E-state index contributed by atoms with van der Waals surface area (Å²) in [6.07, 6.45) is 0. The van der Waals surface area contributed by atoms with Crippen molar-refractivity contribution in [1.29, 1.82) is 0 Å². The van der Waals surface area contributed by atoms with E-state index in [2.05, 4.69) is 10.1 Å². The first kappa shape index (κ1) is 16.6. The number of alkyl halides is 2. The van der Waals surface area contributed by atoms with Crippen molar-refractivity contribution in [1.82, 2.24) is 5.32 Å². The summed E-state index contributed by atoms with van der Waals surface area (Å²) in [5.74, 6) is -0.188. The number of halogens is 3. The van der Waals surface area contributed by atoms with E-state index >= 15 is 0 Å². The molecule has 0 heterocycles. The molecular weight excluding hydrogens is 266 g/mol. The van der Waals surface area contributed by atoms with Crippen LogP contribution in [0.3, 0.4) is 0 Å². The highest BCUT2D eigenvalue weighted by atomic mass is 35.5. The Morgan fingerprint density at radius 2 is 1.94 bits per heavy atom. The van der Waals surface area contributed by atoms with Crippen LogP contribution in [0.5, 0.6) is 5.75 Å². The molecule has 1 atom stereocenters. The van der Waals surface area contributed by atoms with E-state index in [1.54, 1.807) is 19.1 Å². The highest BCUT2D eigenvalue weighted by molar-refractivity contribution is 5.85. The summed E-state index contributed by atoms with van der Waals surface area (Å²) in [6, 6.07) is 5.84. The van der Waals surface area contributed by atoms with Crippen molar-refractivity contribution in [2.75, 3.05) is 6.54 Å². The molecule has 0 saturated heterocycles. The lowest BCUT2D eigenvalue weighted by Gasteiger charge is -2.14. The van der Waals surface area contributed by atoms with Crippen LogP contribution in [0.15, 0.2) is 24.3 Å². The van der Waals surface area contributed by atoms with E-state index in [0.29, 0.717) is 0 Å². The first-order valence-electron chi connectivity index (χ1n) is 5.07. The van der Waals surface area contributed by atoms with Gasteiger partial charge >= 0.3 is 6.61 Å².